The third kappa shape index (κ3) is 1.93. The minimum absolute atomic E-state index is 0.328. The lowest BCUT2D eigenvalue weighted by Crippen LogP contribution is -2.14. The summed E-state index contributed by atoms with van der Waals surface area (Å²) < 4.78 is 6.15. The fraction of sp³-hybridized carbons (Fsp3) is 0.455. The highest BCUT2D eigenvalue weighted by atomic mass is 79.9. The fourth-order valence-electron chi connectivity index (χ4n) is 1.86. The van der Waals surface area contributed by atoms with E-state index in [1.165, 1.54) is 5.56 Å². The summed E-state index contributed by atoms with van der Waals surface area (Å²) in [4.78, 5) is 0. The van der Waals surface area contributed by atoms with E-state index in [0.29, 0.717) is 11.7 Å². The molecule has 0 bridgehead atoms. The minimum atomic E-state index is 0.328. The summed E-state index contributed by atoms with van der Waals surface area (Å²) in [6, 6.07) is 5.66. The molecule has 0 aliphatic carbocycles. The van der Waals surface area contributed by atoms with Crippen LogP contribution in [0.25, 0.3) is 0 Å². The molecule has 1 heterocycles. The van der Waals surface area contributed by atoms with Crippen LogP contribution in [0.15, 0.2) is 22.7 Å². The number of phenolic OH excluding ortho intramolecular Hbond substituents is 1. The van der Waals surface area contributed by atoms with Crippen molar-refractivity contribution < 1.29 is 9.84 Å². The van der Waals surface area contributed by atoms with Gasteiger partial charge >= 0.3 is 0 Å². The van der Waals surface area contributed by atoms with Crippen LogP contribution < -0.4 is 0 Å². The van der Waals surface area contributed by atoms with E-state index < -0.39 is 0 Å². The average Bonchev–Trinajstić information content (AvgIpc) is 2.23. The Hall–Kier alpha value is -0.540. The lowest BCUT2D eigenvalue weighted by Gasteiger charge is -2.23. The Balaban J connectivity index is 2.26. The van der Waals surface area contributed by atoms with Gasteiger partial charge in [0.05, 0.1) is 4.47 Å². The molecule has 0 radical (unpaired) electrons. The summed E-state index contributed by atoms with van der Waals surface area (Å²) in [6.07, 6.45) is 2.09. The van der Waals surface area contributed by atoms with Gasteiger partial charge in [0.2, 0.25) is 0 Å². The molecule has 2 rings (SSSR count). The largest absolute Gasteiger partial charge is 0.507 e. The van der Waals surface area contributed by atoms with Gasteiger partial charge in [-0.2, -0.15) is 0 Å². The van der Waals surface area contributed by atoms with Gasteiger partial charge in [0.15, 0.2) is 0 Å². The Bertz CT molecular complexity index is 319. The van der Waals surface area contributed by atoms with Crippen LogP contribution in [0.4, 0.5) is 0 Å². The number of halogens is 1. The lowest BCUT2D eigenvalue weighted by molar-refractivity contribution is 0.0851. The maximum Gasteiger partial charge on any atom is 0.130 e. The Morgan fingerprint density at radius 1 is 1.29 bits per heavy atom. The summed E-state index contributed by atoms with van der Waals surface area (Å²) in [6.45, 7) is 1.65. The van der Waals surface area contributed by atoms with E-state index in [2.05, 4.69) is 22.0 Å². The van der Waals surface area contributed by atoms with Crippen molar-refractivity contribution in [1.29, 1.82) is 0 Å². The highest BCUT2D eigenvalue weighted by Crippen LogP contribution is 2.36. The smallest absolute Gasteiger partial charge is 0.130 e. The Kier molecular flexibility index (Phi) is 3.08. The summed E-state index contributed by atoms with van der Waals surface area (Å²) in [5.74, 6) is 0.846. The number of phenols is 1. The molecular weight excluding hydrogens is 244 g/mol. The normalized spacial score (nSPS) is 18.4. The van der Waals surface area contributed by atoms with Crippen molar-refractivity contribution in [2.24, 2.45) is 0 Å². The molecule has 1 saturated heterocycles. The molecule has 0 aromatic heterocycles. The van der Waals surface area contributed by atoms with E-state index >= 15 is 0 Å². The molecule has 1 aromatic rings. The number of benzene rings is 1. The summed E-state index contributed by atoms with van der Waals surface area (Å²) in [7, 11) is 0. The van der Waals surface area contributed by atoms with Crippen molar-refractivity contribution in [3.05, 3.63) is 28.2 Å². The maximum atomic E-state index is 9.55. The lowest BCUT2D eigenvalue weighted by atomic mass is 9.92. The Morgan fingerprint density at radius 2 is 2.00 bits per heavy atom. The summed E-state index contributed by atoms with van der Waals surface area (Å²) in [5, 5.41) is 9.55. The molecule has 0 saturated carbocycles. The quantitative estimate of drug-likeness (QED) is 0.837. The van der Waals surface area contributed by atoms with Crippen LogP contribution in [0.5, 0.6) is 5.75 Å². The highest BCUT2D eigenvalue weighted by molar-refractivity contribution is 9.10. The van der Waals surface area contributed by atoms with Gasteiger partial charge in [0, 0.05) is 13.2 Å². The molecule has 3 heteroatoms. The van der Waals surface area contributed by atoms with Gasteiger partial charge in [0.1, 0.15) is 5.75 Å². The second kappa shape index (κ2) is 4.32. The molecule has 1 aromatic carbocycles. The van der Waals surface area contributed by atoms with E-state index in [0.717, 1.165) is 30.5 Å². The summed E-state index contributed by atoms with van der Waals surface area (Å²) >= 11 is 3.42. The molecule has 2 nitrogen and oxygen atoms in total. The van der Waals surface area contributed by atoms with Crippen molar-refractivity contribution in [2.75, 3.05) is 13.2 Å². The van der Waals surface area contributed by atoms with Gasteiger partial charge in [-0.3, -0.25) is 0 Å². The standard InChI is InChI=1S/C11H13BrO2/c12-11-9(2-1-3-10(11)13)8-4-6-14-7-5-8/h1-3,8,13H,4-7H2. The van der Waals surface area contributed by atoms with Crippen LogP contribution in [0, 0.1) is 0 Å². The van der Waals surface area contributed by atoms with Crippen LogP contribution in [-0.2, 0) is 4.74 Å². The van der Waals surface area contributed by atoms with Gasteiger partial charge < -0.3 is 9.84 Å². The number of aromatic hydroxyl groups is 1. The van der Waals surface area contributed by atoms with Crippen molar-refractivity contribution in [3.63, 3.8) is 0 Å². The molecule has 76 valence electrons. The summed E-state index contributed by atoms with van der Waals surface area (Å²) in [5.41, 5.74) is 1.20. The molecule has 0 unspecified atom stereocenters. The zero-order chi connectivity index (χ0) is 9.97. The fourth-order valence-corrected chi connectivity index (χ4v) is 2.45. The SMILES string of the molecule is Oc1cccc(C2CCOCC2)c1Br. The van der Waals surface area contributed by atoms with E-state index in [9.17, 15) is 5.11 Å². The maximum absolute atomic E-state index is 9.55. The highest BCUT2D eigenvalue weighted by Gasteiger charge is 2.19. The molecule has 1 fully saturated rings. The first kappa shape index (κ1) is 9.99. The van der Waals surface area contributed by atoms with Gasteiger partial charge in [-0.15, -0.1) is 0 Å². The zero-order valence-electron chi connectivity index (χ0n) is 7.87. The van der Waals surface area contributed by atoms with Crippen LogP contribution in [0.1, 0.15) is 24.3 Å². The van der Waals surface area contributed by atoms with Crippen LogP contribution >= 0.6 is 15.9 Å². The molecule has 1 aliphatic rings. The van der Waals surface area contributed by atoms with Crippen LogP contribution in [0.2, 0.25) is 0 Å². The number of ether oxygens (including phenoxy) is 1. The van der Waals surface area contributed by atoms with Crippen LogP contribution in [-0.4, -0.2) is 18.3 Å². The molecule has 1 N–H and O–H groups in total. The van der Waals surface area contributed by atoms with Crippen molar-refractivity contribution >= 4 is 15.9 Å². The van der Waals surface area contributed by atoms with Gasteiger partial charge in [-0.1, -0.05) is 12.1 Å². The van der Waals surface area contributed by atoms with Crippen LogP contribution in [0.3, 0.4) is 0 Å². The molecular formula is C11H13BrO2. The molecule has 0 spiro atoms. The van der Waals surface area contributed by atoms with Gasteiger partial charge in [-0.05, 0) is 46.3 Å². The number of rotatable bonds is 1. The average molecular weight is 257 g/mol. The zero-order valence-corrected chi connectivity index (χ0v) is 9.46. The van der Waals surface area contributed by atoms with Crippen molar-refractivity contribution in [1.82, 2.24) is 0 Å². The second-order valence-corrected chi connectivity index (χ2v) is 4.36. The Morgan fingerprint density at radius 3 is 2.71 bits per heavy atom. The molecule has 0 atom stereocenters. The predicted molar refractivity (Wildman–Crippen MR) is 58.6 cm³/mol. The Labute approximate surface area is 92.0 Å². The second-order valence-electron chi connectivity index (χ2n) is 3.57. The number of hydrogen-bond donors (Lipinski definition) is 1. The first-order chi connectivity index (χ1) is 6.79. The predicted octanol–water partition coefficient (Wildman–Crippen LogP) is 3.05. The van der Waals surface area contributed by atoms with E-state index in [-0.39, 0.29) is 0 Å². The number of hydrogen-bond acceptors (Lipinski definition) is 2. The molecule has 14 heavy (non-hydrogen) atoms. The monoisotopic (exact) mass is 256 g/mol. The first-order valence-electron chi connectivity index (χ1n) is 4.84. The third-order valence-corrected chi connectivity index (χ3v) is 3.53. The van der Waals surface area contributed by atoms with Crippen molar-refractivity contribution in [2.45, 2.75) is 18.8 Å². The first-order valence-corrected chi connectivity index (χ1v) is 5.63. The van der Waals surface area contributed by atoms with Gasteiger partial charge in [0.25, 0.3) is 0 Å². The van der Waals surface area contributed by atoms with E-state index in [1.807, 2.05) is 6.07 Å². The van der Waals surface area contributed by atoms with E-state index in [1.54, 1.807) is 6.07 Å². The van der Waals surface area contributed by atoms with Gasteiger partial charge in [-0.25, -0.2) is 0 Å². The minimum Gasteiger partial charge on any atom is -0.507 e. The molecule has 0 amide bonds. The van der Waals surface area contributed by atoms with Crippen molar-refractivity contribution in [3.8, 4) is 5.75 Å². The van der Waals surface area contributed by atoms with E-state index in [4.69, 9.17) is 4.74 Å². The third-order valence-electron chi connectivity index (χ3n) is 2.67. The molecule has 1 aliphatic heterocycles. The topological polar surface area (TPSA) is 29.5 Å².